The molecule has 0 saturated carbocycles. The molecule has 0 bridgehead atoms. The first-order valence-corrected chi connectivity index (χ1v) is 18.5. The molecule has 4 rings (SSSR count). The highest BCUT2D eigenvalue weighted by molar-refractivity contribution is 5.97. The number of amides is 5. The van der Waals surface area contributed by atoms with Gasteiger partial charge in [-0.2, -0.15) is 0 Å². The predicted molar refractivity (Wildman–Crippen MR) is 190 cm³/mol. The van der Waals surface area contributed by atoms with Gasteiger partial charge >= 0.3 is 5.97 Å². The molecule has 3 fully saturated rings. The lowest BCUT2D eigenvalue weighted by Crippen LogP contribution is -2.59. The number of hydrogen-bond donors (Lipinski definition) is 6. The van der Waals surface area contributed by atoms with E-state index in [4.69, 9.17) is 17.2 Å². The van der Waals surface area contributed by atoms with Crippen molar-refractivity contribution in [2.75, 3.05) is 32.7 Å². The Morgan fingerprint density at radius 2 is 1.20 bits per heavy atom. The lowest BCUT2D eigenvalue weighted by atomic mass is 10.0. The molecule has 15 nitrogen and oxygen atoms in total. The zero-order valence-electron chi connectivity index (χ0n) is 29.5. The Morgan fingerprint density at radius 3 is 1.78 bits per heavy atom. The summed E-state index contributed by atoms with van der Waals surface area (Å²) in [6.45, 7) is 1.97. The van der Waals surface area contributed by atoms with E-state index in [1.807, 2.05) is 30.3 Å². The monoisotopic (exact) mass is 712 g/mol. The number of nitrogens with two attached hydrogens (primary N) is 3. The molecule has 6 atom stereocenters. The van der Waals surface area contributed by atoms with Crippen LogP contribution in [0.5, 0.6) is 0 Å². The average Bonchev–Trinajstić information content (AvgIpc) is 3.92. The summed E-state index contributed by atoms with van der Waals surface area (Å²) in [6, 6.07) is 3.90. The Balaban J connectivity index is 1.47. The summed E-state index contributed by atoms with van der Waals surface area (Å²) >= 11 is 0. The number of rotatable bonds is 18. The Hall–Kier alpha value is -4.08. The Kier molecular flexibility index (Phi) is 15.2. The van der Waals surface area contributed by atoms with Gasteiger partial charge in [0.1, 0.15) is 30.2 Å². The number of hydrogen-bond acceptors (Lipinski definition) is 9. The Bertz CT molecular complexity index is 1360. The van der Waals surface area contributed by atoms with E-state index in [0.717, 1.165) is 12.0 Å². The zero-order valence-corrected chi connectivity index (χ0v) is 29.5. The van der Waals surface area contributed by atoms with Crippen LogP contribution in [-0.2, 0) is 35.2 Å². The molecule has 3 aliphatic rings. The molecule has 1 aromatic carbocycles. The highest BCUT2D eigenvalue weighted by Crippen LogP contribution is 2.27. The van der Waals surface area contributed by atoms with Crippen LogP contribution < -0.4 is 27.8 Å². The van der Waals surface area contributed by atoms with E-state index in [0.29, 0.717) is 90.4 Å². The van der Waals surface area contributed by atoms with Crippen LogP contribution >= 0.6 is 0 Å². The molecular formula is C36H56N8O7. The molecule has 3 saturated heterocycles. The number of nitrogens with zero attached hydrogens (tertiary/aromatic N) is 3. The van der Waals surface area contributed by atoms with Crippen LogP contribution in [0.15, 0.2) is 30.3 Å². The minimum Gasteiger partial charge on any atom is -0.480 e. The van der Waals surface area contributed by atoms with E-state index in [1.165, 1.54) is 9.80 Å². The quantitative estimate of drug-likeness (QED) is 0.110. The number of carbonyl (C=O) groups excluding carboxylic acids is 5. The smallest absolute Gasteiger partial charge is 0.326 e. The first kappa shape index (κ1) is 39.7. The highest BCUT2D eigenvalue weighted by Gasteiger charge is 2.44. The highest BCUT2D eigenvalue weighted by atomic mass is 16.4. The van der Waals surface area contributed by atoms with Crippen LogP contribution in [0.4, 0.5) is 0 Å². The second-order valence-corrected chi connectivity index (χ2v) is 13.9. The maximum absolute atomic E-state index is 14.2. The number of likely N-dealkylation sites (tertiary alicyclic amines) is 3. The van der Waals surface area contributed by atoms with Crippen molar-refractivity contribution in [1.29, 1.82) is 0 Å². The van der Waals surface area contributed by atoms with Gasteiger partial charge in [0.25, 0.3) is 0 Å². The van der Waals surface area contributed by atoms with E-state index in [9.17, 15) is 33.9 Å². The van der Waals surface area contributed by atoms with Gasteiger partial charge < -0.3 is 47.6 Å². The van der Waals surface area contributed by atoms with Crippen molar-refractivity contribution in [3.63, 3.8) is 0 Å². The summed E-state index contributed by atoms with van der Waals surface area (Å²) < 4.78 is 0. The van der Waals surface area contributed by atoms with Crippen molar-refractivity contribution in [3.05, 3.63) is 35.9 Å². The van der Waals surface area contributed by atoms with Crippen LogP contribution in [-0.4, -0.2) is 124 Å². The van der Waals surface area contributed by atoms with Crippen LogP contribution in [0.3, 0.4) is 0 Å². The first-order chi connectivity index (χ1) is 24.6. The number of carboxylic acids is 1. The molecule has 9 N–H and O–H groups in total. The fourth-order valence-corrected chi connectivity index (χ4v) is 7.47. The van der Waals surface area contributed by atoms with Gasteiger partial charge in [-0.3, -0.25) is 24.0 Å². The molecule has 1 aromatic rings. The van der Waals surface area contributed by atoms with Gasteiger partial charge in [0.05, 0.1) is 6.04 Å². The van der Waals surface area contributed by atoms with Crippen LogP contribution in [0, 0.1) is 0 Å². The van der Waals surface area contributed by atoms with E-state index >= 15 is 0 Å². The molecule has 0 radical (unpaired) electrons. The minimum atomic E-state index is -1.16. The maximum atomic E-state index is 14.2. The van der Waals surface area contributed by atoms with Crippen LogP contribution in [0.1, 0.15) is 82.6 Å². The zero-order chi connectivity index (χ0) is 36.9. The second-order valence-electron chi connectivity index (χ2n) is 13.9. The van der Waals surface area contributed by atoms with Gasteiger partial charge in [-0.05, 0) is 89.3 Å². The predicted octanol–water partition coefficient (Wildman–Crippen LogP) is -0.158. The fraction of sp³-hybridized carbons (Fsp3) is 0.667. The number of carbonyl (C=O) groups is 6. The fourth-order valence-electron chi connectivity index (χ4n) is 7.47. The molecule has 51 heavy (non-hydrogen) atoms. The molecule has 5 amide bonds. The molecule has 0 unspecified atom stereocenters. The lowest BCUT2D eigenvalue weighted by molar-refractivity contribution is -0.148. The normalized spacial score (nSPS) is 22.0. The van der Waals surface area contributed by atoms with E-state index < -0.39 is 59.9 Å². The van der Waals surface area contributed by atoms with Crippen molar-refractivity contribution in [1.82, 2.24) is 25.3 Å². The summed E-state index contributed by atoms with van der Waals surface area (Å²) in [5.74, 6) is -3.20. The van der Waals surface area contributed by atoms with Crippen LogP contribution in [0.2, 0.25) is 0 Å². The van der Waals surface area contributed by atoms with Crippen molar-refractivity contribution in [3.8, 4) is 0 Å². The Labute approximate surface area is 300 Å². The second kappa shape index (κ2) is 19.5. The maximum Gasteiger partial charge on any atom is 0.326 e. The van der Waals surface area contributed by atoms with E-state index in [1.54, 1.807) is 4.90 Å². The van der Waals surface area contributed by atoms with Crippen LogP contribution in [0.25, 0.3) is 0 Å². The van der Waals surface area contributed by atoms with Crippen molar-refractivity contribution in [2.24, 2.45) is 17.2 Å². The van der Waals surface area contributed by atoms with Gasteiger partial charge in [-0.15, -0.1) is 0 Å². The van der Waals surface area contributed by atoms with Gasteiger partial charge in [0, 0.05) is 26.1 Å². The van der Waals surface area contributed by atoms with Gasteiger partial charge in [0.15, 0.2) is 0 Å². The largest absolute Gasteiger partial charge is 0.480 e. The van der Waals surface area contributed by atoms with E-state index in [-0.39, 0.29) is 31.2 Å². The number of carboxylic acid groups (broad SMARTS) is 1. The third-order valence-corrected chi connectivity index (χ3v) is 10.2. The lowest BCUT2D eigenvalue weighted by Gasteiger charge is -2.33. The molecule has 0 spiro atoms. The number of benzene rings is 1. The van der Waals surface area contributed by atoms with Gasteiger partial charge in [-0.25, -0.2) is 4.79 Å². The molecule has 3 heterocycles. The SMILES string of the molecule is NCCCC[C@H](NC(=O)[C@@H]1CCCN1C(=O)[C@H](Cc1ccccc1)NC(=O)[C@@H]1CCCN1C(=O)[C@@H]1CCCN1C(=O)[C@@H](N)CCCCN)C(=O)O. The number of aliphatic carboxylic acids is 1. The summed E-state index contributed by atoms with van der Waals surface area (Å²) in [5, 5.41) is 15.2. The third kappa shape index (κ3) is 10.5. The number of nitrogens with one attached hydrogen (secondary N) is 2. The topological polar surface area (TPSA) is 234 Å². The van der Waals surface area contributed by atoms with Gasteiger partial charge in [0.2, 0.25) is 29.5 Å². The molecular weight excluding hydrogens is 656 g/mol. The number of unbranched alkanes of at least 4 members (excludes halogenated alkanes) is 2. The van der Waals surface area contributed by atoms with Gasteiger partial charge in [-0.1, -0.05) is 36.8 Å². The molecule has 282 valence electrons. The Morgan fingerprint density at radius 1 is 0.686 bits per heavy atom. The molecule has 0 aromatic heterocycles. The summed E-state index contributed by atoms with van der Waals surface area (Å²) in [7, 11) is 0. The standard InChI is InChI=1S/C36H56N8O7/c37-18-6-4-13-25(39)33(47)44-22-10-17-30(44)35(49)43-21-9-16-29(43)32(46)41-27(23-24-11-2-1-3-12-24)34(48)42-20-8-15-28(42)31(45)40-26(36(50)51)14-5-7-19-38/h1-3,11-12,25-30H,4-10,13-23,37-39H2,(H,40,45)(H,41,46)(H,50,51)/t25-,26-,27-,28-,29-,30-/m0/s1. The summed E-state index contributed by atoms with van der Waals surface area (Å²) in [5.41, 5.74) is 18.1. The summed E-state index contributed by atoms with van der Waals surface area (Å²) in [4.78, 5) is 85.1. The van der Waals surface area contributed by atoms with Crippen molar-refractivity contribution in [2.45, 2.75) is 120 Å². The van der Waals surface area contributed by atoms with Crippen molar-refractivity contribution >= 4 is 35.5 Å². The molecule has 15 heteroatoms. The van der Waals surface area contributed by atoms with Crippen molar-refractivity contribution < 1.29 is 33.9 Å². The average molecular weight is 713 g/mol. The third-order valence-electron chi connectivity index (χ3n) is 10.2. The van der Waals surface area contributed by atoms with E-state index in [2.05, 4.69) is 10.6 Å². The molecule has 0 aliphatic carbocycles. The minimum absolute atomic E-state index is 0.153. The first-order valence-electron chi connectivity index (χ1n) is 18.5. The summed E-state index contributed by atoms with van der Waals surface area (Å²) in [6.07, 6.45) is 6.51. The molecule has 3 aliphatic heterocycles.